The van der Waals surface area contributed by atoms with Gasteiger partial charge in [-0.3, -0.25) is 4.79 Å². The van der Waals surface area contributed by atoms with Gasteiger partial charge in [-0.2, -0.15) is 0 Å². The summed E-state index contributed by atoms with van der Waals surface area (Å²) in [5.74, 6) is -0.452. The Bertz CT molecular complexity index is 450. The van der Waals surface area contributed by atoms with Gasteiger partial charge in [0.05, 0.1) is 5.56 Å². The summed E-state index contributed by atoms with van der Waals surface area (Å²) >= 11 is 5.45. The van der Waals surface area contributed by atoms with Crippen molar-refractivity contribution in [2.45, 2.75) is 38.2 Å². The van der Waals surface area contributed by atoms with E-state index in [0.717, 1.165) is 25.7 Å². The van der Waals surface area contributed by atoms with Gasteiger partial charge in [-0.25, -0.2) is 4.79 Å². The van der Waals surface area contributed by atoms with Crippen molar-refractivity contribution in [3.05, 3.63) is 35.4 Å². The van der Waals surface area contributed by atoms with E-state index in [0.29, 0.717) is 0 Å². The Morgan fingerprint density at radius 2 is 1.67 bits per heavy atom. The average molecular weight is 267 g/mol. The molecule has 1 aromatic rings. The molecule has 0 aliphatic heterocycles. The molecule has 0 heterocycles. The largest absolute Gasteiger partial charge is 0.459 e. The summed E-state index contributed by atoms with van der Waals surface area (Å²) in [6.45, 7) is 0. The highest BCUT2D eigenvalue weighted by atomic mass is 35.5. The van der Waals surface area contributed by atoms with Gasteiger partial charge in [-0.05, 0) is 49.4 Å². The van der Waals surface area contributed by atoms with E-state index in [1.165, 1.54) is 12.5 Å². The molecule has 3 nitrogen and oxygen atoms in total. The molecular formula is C14H15ClO3. The van der Waals surface area contributed by atoms with Crippen molar-refractivity contribution in [2.24, 2.45) is 0 Å². The van der Waals surface area contributed by atoms with Gasteiger partial charge in [-0.1, -0.05) is 18.6 Å². The molecule has 18 heavy (non-hydrogen) atoms. The smallest absolute Gasteiger partial charge is 0.339 e. The maximum Gasteiger partial charge on any atom is 0.339 e. The molecule has 0 N–H and O–H groups in total. The van der Waals surface area contributed by atoms with Crippen LogP contribution in [0.3, 0.4) is 0 Å². The molecule has 0 amide bonds. The molecule has 0 unspecified atom stereocenters. The van der Waals surface area contributed by atoms with Crippen molar-refractivity contribution in [3.63, 3.8) is 0 Å². The molecule has 4 heteroatoms. The van der Waals surface area contributed by atoms with E-state index in [9.17, 15) is 9.59 Å². The van der Waals surface area contributed by atoms with Gasteiger partial charge < -0.3 is 4.74 Å². The highest BCUT2D eigenvalue weighted by molar-refractivity contribution is 6.68. The van der Waals surface area contributed by atoms with Crippen LogP contribution in [0.5, 0.6) is 0 Å². The maximum atomic E-state index is 12.0. The number of hydrogen-bond acceptors (Lipinski definition) is 3. The van der Waals surface area contributed by atoms with Crippen molar-refractivity contribution in [3.8, 4) is 0 Å². The van der Waals surface area contributed by atoms with Gasteiger partial charge in [0.1, 0.15) is 6.10 Å². The molecule has 1 aromatic carbocycles. The summed E-state index contributed by atoms with van der Waals surface area (Å²) in [7, 11) is 0. The first-order valence-corrected chi connectivity index (χ1v) is 6.56. The molecule has 2 rings (SSSR count). The molecule has 0 aromatic heterocycles. The molecule has 1 saturated carbocycles. The van der Waals surface area contributed by atoms with E-state index < -0.39 is 11.2 Å². The molecule has 0 atom stereocenters. The second-order valence-corrected chi connectivity index (χ2v) is 4.83. The average Bonchev–Trinajstić information content (AvgIpc) is 2.40. The van der Waals surface area contributed by atoms with Crippen LogP contribution in [0.2, 0.25) is 0 Å². The SMILES string of the molecule is O=C(Cl)c1ccccc1C(=O)OC1CCCCC1. The van der Waals surface area contributed by atoms with Crippen molar-refractivity contribution < 1.29 is 14.3 Å². The lowest BCUT2D eigenvalue weighted by atomic mass is 9.97. The van der Waals surface area contributed by atoms with Crippen molar-refractivity contribution in [1.29, 1.82) is 0 Å². The van der Waals surface area contributed by atoms with Crippen molar-refractivity contribution in [2.75, 3.05) is 0 Å². The quantitative estimate of drug-likeness (QED) is 0.621. The second-order valence-electron chi connectivity index (χ2n) is 4.48. The number of rotatable bonds is 3. The van der Waals surface area contributed by atoms with Gasteiger partial charge in [0.2, 0.25) is 0 Å². The minimum Gasteiger partial charge on any atom is -0.459 e. The van der Waals surface area contributed by atoms with Crippen molar-refractivity contribution in [1.82, 2.24) is 0 Å². The Morgan fingerprint density at radius 1 is 1.06 bits per heavy atom. The Kier molecular flexibility index (Phi) is 4.37. The first kappa shape index (κ1) is 13.1. The fourth-order valence-corrected chi connectivity index (χ4v) is 2.40. The molecule has 1 fully saturated rings. The summed E-state index contributed by atoms with van der Waals surface area (Å²) < 4.78 is 5.42. The van der Waals surface area contributed by atoms with Crippen LogP contribution in [0.25, 0.3) is 0 Å². The third-order valence-corrected chi connectivity index (χ3v) is 3.39. The third-order valence-electron chi connectivity index (χ3n) is 3.18. The Morgan fingerprint density at radius 3 is 2.28 bits per heavy atom. The second kappa shape index (κ2) is 6.01. The maximum absolute atomic E-state index is 12.0. The van der Waals surface area contributed by atoms with E-state index in [4.69, 9.17) is 16.3 Å². The first-order valence-electron chi connectivity index (χ1n) is 6.18. The van der Waals surface area contributed by atoms with Crippen LogP contribution < -0.4 is 0 Å². The Labute approximate surface area is 111 Å². The van der Waals surface area contributed by atoms with E-state index >= 15 is 0 Å². The predicted molar refractivity (Wildman–Crippen MR) is 68.9 cm³/mol. The van der Waals surface area contributed by atoms with Crippen LogP contribution >= 0.6 is 11.6 Å². The van der Waals surface area contributed by atoms with Gasteiger partial charge in [-0.15, -0.1) is 0 Å². The zero-order chi connectivity index (χ0) is 13.0. The zero-order valence-electron chi connectivity index (χ0n) is 10.0. The molecule has 0 bridgehead atoms. The van der Waals surface area contributed by atoms with E-state index in [1.54, 1.807) is 18.2 Å². The first-order chi connectivity index (χ1) is 8.68. The number of carbonyl (C=O) groups is 2. The standard InChI is InChI=1S/C14H15ClO3/c15-13(16)11-8-4-5-9-12(11)14(17)18-10-6-2-1-3-7-10/h4-5,8-10H,1-3,6-7H2. The minimum atomic E-state index is -0.633. The van der Waals surface area contributed by atoms with Gasteiger partial charge in [0.25, 0.3) is 5.24 Å². The Balaban J connectivity index is 2.10. The fraction of sp³-hybridized carbons (Fsp3) is 0.429. The normalized spacial score (nSPS) is 16.3. The highest BCUT2D eigenvalue weighted by Gasteiger charge is 2.21. The van der Waals surface area contributed by atoms with Crippen molar-refractivity contribution >= 4 is 22.8 Å². The van der Waals surface area contributed by atoms with Crippen LogP contribution in [-0.4, -0.2) is 17.3 Å². The topological polar surface area (TPSA) is 43.4 Å². The predicted octanol–water partition coefficient (Wildman–Crippen LogP) is 3.56. The molecular weight excluding hydrogens is 252 g/mol. The molecule has 0 spiro atoms. The van der Waals surface area contributed by atoms with E-state index in [1.807, 2.05) is 0 Å². The number of hydrogen-bond donors (Lipinski definition) is 0. The summed E-state index contributed by atoms with van der Waals surface area (Å²) in [4.78, 5) is 23.2. The lowest BCUT2D eigenvalue weighted by Crippen LogP contribution is -2.22. The number of benzene rings is 1. The summed E-state index contributed by atoms with van der Waals surface area (Å²) in [5.41, 5.74) is 0.461. The molecule has 0 radical (unpaired) electrons. The third kappa shape index (κ3) is 3.10. The molecule has 1 aliphatic rings. The number of esters is 1. The number of carbonyl (C=O) groups excluding carboxylic acids is 2. The van der Waals surface area contributed by atoms with Crippen LogP contribution in [0.1, 0.15) is 52.8 Å². The Hall–Kier alpha value is -1.35. The highest BCUT2D eigenvalue weighted by Crippen LogP contribution is 2.22. The van der Waals surface area contributed by atoms with Crippen LogP contribution in [0.15, 0.2) is 24.3 Å². The summed E-state index contributed by atoms with van der Waals surface area (Å²) in [6.07, 6.45) is 5.17. The van der Waals surface area contributed by atoms with Gasteiger partial charge >= 0.3 is 5.97 Å². The monoisotopic (exact) mass is 266 g/mol. The van der Waals surface area contributed by atoms with Gasteiger partial charge in [0, 0.05) is 5.56 Å². The van der Waals surface area contributed by atoms with Crippen LogP contribution in [0, 0.1) is 0 Å². The van der Waals surface area contributed by atoms with E-state index in [2.05, 4.69) is 0 Å². The van der Waals surface area contributed by atoms with E-state index in [-0.39, 0.29) is 17.2 Å². The summed E-state index contributed by atoms with van der Waals surface area (Å²) in [6, 6.07) is 6.47. The lowest BCUT2D eigenvalue weighted by Gasteiger charge is -2.22. The number of ether oxygens (including phenoxy) is 1. The zero-order valence-corrected chi connectivity index (χ0v) is 10.8. The van der Waals surface area contributed by atoms with Crippen LogP contribution in [0.4, 0.5) is 0 Å². The fourth-order valence-electron chi connectivity index (χ4n) is 2.23. The lowest BCUT2D eigenvalue weighted by molar-refractivity contribution is 0.0209. The molecule has 1 aliphatic carbocycles. The minimum absolute atomic E-state index is 0.0234. The molecule has 0 saturated heterocycles. The molecule has 96 valence electrons. The van der Waals surface area contributed by atoms with Gasteiger partial charge in [0.15, 0.2) is 0 Å². The van der Waals surface area contributed by atoms with Crippen LogP contribution in [-0.2, 0) is 4.74 Å². The summed E-state index contributed by atoms with van der Waals surface area (Å²) in [5, 5.41) is -0.633. The number of halogens is 1.